The summed E-state index contributed by atoms with van der Waals surface area (Å²) < 4.78 is 18.3. The predicted molar refractivity (Wildman–Crippen MR) is 75.3 cm³/mol. The molecular weight excluding hydrogens is 275 g/mol. The summed E-state index contributed by atoms with van der Waals surface area (Å²) in [5, 5.41) is 5.39. The van der Waals surface area contributed by atoms with E-state index in [1.165, 1.54) is 18.2 Å². The number of carbonyl (C=O) groups excluding carboxylic acids is 2. The zero-order valence-electron chi connectivity index (χ0n) is 11.9. The fourth-order valence-electron chi connectivity index (χ4n) is 2.22. The minimum absolute atomic E-state index is 0.133. The third-order valence-corrected chi connectivity index (χ3v) is 3.53. The van der Waals surface area contributed by atoms with Crippen molar-refractivity contribution in [2.45, 2.75) is 25.3 Å². The highest BCUT2D eigenvalue weighted by molar-refractivity contribution is 5.96. The van der Waals surface area contributed by atoms with Gasteiger partial charge in [-0.1, -0.05) is 6.07 Å². The molecule has 0 aliphatic carbocycles. The Labute approximate surface area is 122 Å². The van der Waals surface area contributed by atoms with E-state index < -0.39 is 11.7 Å². The van der Waals surface area contributed by atoms with E-state index >= 15 is 0 Å². The lowest BCUT2D eigenvalue weighted by Crippen LogP contribution is -2.52. The maximum atomic E-state index is 13.0. The van der Waals surface area contributed by atoms with Crippen molar-refractivity contribution in [2.24, 2.45) is 0 Å². The summed E-state index contributed by atoms with van der Waals surface area (Å²) in [6.45, 7) is 3.06. The molecule has 1 aliphatic heterocycles. The van der Waals surface area contributed by atoms with E-state index in [0.717, 1.165) is 18.9 Å². The number of nitrogens with one attached hydrogen (secondary N) is 2. The Morgan fingerprint density at radius 1 is 1.33 bits per heavy atom. The van der Waals surface area contributed by atoms with Gasteiger partial charge in [0.1, 0.15) is 5.82 Å². The number of hydrogen-bond donors (Lipinski definition) is 2. The molecule has 1 aromatic carbocycles. The van der Waals surface area contributed by atoms with Gasteiger partial charge in [-0.3, -0.25) is 9.59 Å². The van der Waals surface area contributed by atoms with Gasteiger partial charge >= 0.3 is 0 Å². The summed E-state index contributed by atoms with van der Waals surface area (Å²) in [5.74, 6) is -1.22. The SMILES string of the molecule is CC1(NC(=O)CNC(=O)c2cccc(F)c2)CCOCC1. The molecule has 0 spiro atoms. The van der Waals surface area contributed by atoms with Gasteiger partial charge in [0.25, 0.3) is 5.91 Å². The molecule has 1 aliphatic rings. The normalized spacial score (nSPS) is 17.0. The number of hydrogen-bond acceptors (Lipinski definition) is 3. The maximum absolute atomic E-state index is 13.0. The fraction of sp³-hybridized carbons (Fsp3) is 0.467. The van der Waals surface area contributed by atoms with E-state index in [1.807, 2.05) is 6.92 Å². The number of carbonyl (C=O) groups is 2. The zero-order chi connectivity index (χ0) is 15.3. The summed E-state index contributed by atoms with van der Waals surface area (Å²) in [4.78, 5) is 23.7. The molecule has 0 unspecified atom stereocenters. The minimum Gasteiger partial charge on any atom is -0.381 e. The van der Waals surface area contributed by atoms with Crippen molar-refractivity contribution in [1.29, 1.82) is 0 Å². The monoisotopic (exact) mass is 294 g/mol. The molecule has 0 atom stereocenters. The average molecular weight is 294 g/mol. The molecule has 0 radical (unpaired) electrons. The average Bonchev–Trinajstić information content (AvgIpc) is 2.45. The van der Waals surface area contributed by atoms with E-state index in [4.69, 9.17) is 4.74 Å². The van der Waals surface area contributed by atoms with Crippen molar-refractivity contribution in [3.05, 3.63) is 35.6 Å². The standard InChI is InChI=1S/C15H19FN2O3/c1-15(5-7-21-8-6-15)18-13(19)10-17-14(20)11-3-2-4-12(16)9-11/h2-4,9H,5-8,10H2,1H3,(H,17,20)(H,18,19). The summed E-state index contributed by atoms with van der Waals surface area (Å²) in [6, 6.07) is 5.34. The first-order chi connectivity index (χ1) is 9.98. The highest BCUT2D eigenvalue weighted by Crippen LogP contribution is 2.19. The van der Waals surface area contributed by atoms with Crippen LogP contribution in [0.15, 0.2) is 24.3 Å². The number of halogens is 1. The Morgan fingerprint density at radius 2 is 2.05 bits per heavy atom. The zero-order valence-corrected chi connectivity index (χ0v) is 11.9. The molecule has 1 fully saturated rings. The van der Waals surface area contributed by atoms with E-state index in [1.54, 1.807) is 0 Å². The summed E-state index contributed by atoms with van der Waals surface area (Å²) in [6.07, 6.45) is 1.49. The lowest BCUT2D eigenvalue weighted by molar-refractivity contribution is -0.123. The van der Waals surface area contributed by atoms with Crippen LogP contribution in [0.25, 0.3) is 0 Å². The van der Waals surface area contributed by atoms with Crippen LogP contribution in [0.1, 0.15) is 30.1 Å². The first-order valence-electron chi connectivity index (χ1n) is 6.91. The van der Waals surface area contributed by atoms with Crippen LogP contribution >= 0.6 is 0 Å². The molecule has 2 rings (SSSR count). The molecule has 1 heterocycles. The van der Waals surface area contributed by atoms with E-state index in [9.17, 15) is 14.0 Å². The van der Waals surface area contributed by atoms with E-state index in [-0.39, 0.29) is 23.6 Å². The van der Waals surface area contributed by atoms with Gasteiger partial charge in [-0.15, -0.1) is 0 Å². The Bertz CT molecular complexity index is 527. The van der Waals surface area contributed by atoms with Gasteiger partial charge in [0.15, 0.2) is 0 Å². The molecule has 1 saturated heterocycles. The Kier molecular flexibility index (Phi) is 4.90. The largest absolute Gasteiger partial charge is 0.381 e. The number of amides is 2. The number of benzene rings is 1. The van der Waals surface area contributed by atoms with E-state index in [2.05, 4.69) is 10.6 Å². The second kappa shape index (κ2) is 6.67. The first-order valence-corrected chi connectivity index (χ1v) is 6.91. The lowest BCUT2D eigenvalue weighted by atomic mass is 9.92. The van der Waals surface area contributed by atoms with Crippen molar-refractivity contribution in [2.75, 3.05) is 19.8 Å². The molecule has 2 N–H and O–H groups in total. The summed E-state index contributed by atoms with van der Waals surface area (Å²) >= 11 is 0. The molecule has 0 bridgehead atoms. The lowest BCUT2D eigenvalue weighted by Gasteiger charge is -2.34. The van der Waals surface area contributed by atoms with Crippen LogP contribution in [0.5, 0.6) is 0 Å². The van der Waals surface area contributed by atoms with E-state index in [0.29, 0.717) is 13.2 Å². The van der Waals surface area contributed by atoms with Crippen LogP contribution < -0.4 is 10.6 Å². The third kappa shape index (κ3) is 4.53. The molecule has 6 heteroatoms. The predicted octanol–water partition coefficient (Wildman–Crippen LogP) is 1.24. The summed E-state index contributed by atoms with van der Waals surface area (Å²) in [7, 11) is 0. The molecule has 1 aromatic rings. The van der Waals surface area contributed by atoms with Crippen molar-refractivity contribution in [3.63, 3.8) is 0 Å². The molecule has 2 amide bonds. The summed E-state index contributed by atoms with van der Waals surface area (Å²) in [5.41, 5.74) is -0.0982. The van der Waals surface area contributed by atoms with Gasteiger partial charge in [-0.2, -0.15) is 0 Å². The molecule has 114 valence electrons. The fourth-order valence-corrected chi connectivity index (χ4v) is 2.22. The van der Waals surface area contributed by atoms with Crippen molar-refractivity contribution < 1.29 is 18.7 Å². The second-order valence-electron chi connectivity index (χ2n) is 5.41. The molecule has 0 saturated carbocycles. The van der Waals surface area contributed by atoms with Crippen LogP contribution in [0.2, 0.25) is 0 Å². The quantitative estimate of drug-likeness (QED) is 0.878. The van der Waals surface area contributed by atoms with Crippen molar-refractivity contribution in [1.82, 2.24) is 10.6 Å². The van der Waals surface area contributed by atoms with Crippen LogP contribution in [0.3, 0.4) is 0 Å². The van der Waals surface area contributed by atoms with Gasteiger partial charge in [-0.25, -0.2) is 4.39 Å². The molecule has 0 aromatic heterocycles. The molecular formula is C15H19FN2O3. The van der Waals surface area contributed by atoms with Gasteiger partial charge in [0, 0.05) is 24.3 Å². The van der Waals surface area contributed by atoms with Crippen LogP contribution in [0, 0.1) is 5.82 Å². The van der Waals surface area contributed by atoms with Crippen molar-refractivity contribution in [3.8, 4) is 0 Å². The second-order valence-corrected chi connectivity index (χ2v) is 5.41. The van der Waals surface area contributed by atoms with Crippen LogP contribution in [0.4, 0.5) is 4.39 Å². The topological polar surface area (TPSA) is 67.4 Å². The Balaban J connectivity index is 1.82. The highest BCUT2D eigenvalue weighted by Gasteiger charge is 2.28. The minimum atomic E-state index is -0.484. The van der Waals surface area contributed by atoms with Crippen LogP contribution in [-0.4, -0.2) is 37.1 Å². The Hall–Kier alpha value is -1.95. The van der Waals surface area contributed by atoms with Gasteiger partial charge in [0.05, 0.1) is 6.54 Å². The Morgan fingerprint density at radius 3 is 2.71 bits per heavy atom. The number of ether oxygens (including phenoxy) is 1. The highest BCUT2D eigenvalue weighted by atomic mass is 19.1. The third-order valence-electron chi connectivity index (χ3n) is 3.53. The molecule has 5 nitrogen and oxygen atoms in total. The first kappa shape index (κ1) is 15.4. The molecule has 21 heavy (non-hydrogen) atoms. The van der Waals surface area contributed by atoms with Gasteiger partial charge in [0.2, 0.25) is 5.91 Å². The smallest absolute Gasteiger partial charge is 0.251 e. The number of rotatable bonds is 4. The maximum Gasteiger partial charge on any atom is 0.251 e. The van der Waals surface area contributed by atoms with Crippen LogP contribution in [-0.2, 0) is 9.53 Å². The van der Waals surface area contributed by atoms with Crippen molar-refractivity contribution >= 4 is 11.8 Å². The van der Waals surface area contributed by atoms with Gasteiger partial charge < -0.3 is 15.4 Å². The van der Waals surface area contributed by atoms with Gasteiger partial charge in [-0.05, 0) is 38.0 Å².